The van der Waals surface area contributed by atoms with E-state index in [1.807, 2.05) is 31.2 Å². The lowest BCUT2D eigenvalue weighted by atomic mass is 10.1. The minimum atomic E-state index is -0.403. The van der Waals surface area contributed by atoms with Crippen molar-refractivity contribution in [2.24, 2.45) is 5.73 Å². The van der Waals surface area contributed by atoms with Gasteiger partial charge in [-0.3, -0.25) is 9.36 Å². The number of amides is 1. The number of nitrogens with two attached hydrogens (primary N) is 1. The van der Waals surface area contributed by atoms with E-state index in [0.29, 0.717) is 40.8 Å². The Hall–Kier alpha value is -3.40. The van der Waals surface area contributed by atoms with Crippen molar-refractivity contribution in [3.8, 4) is 23.0 Å². The van der Waals surface area contributed by atoms with Crippen LogP contribution in [0.1, 0.15) is 17.9 Å². The SMILES string of the molecule is Cc1ccc(-c2noc(CSc3nnc(-c4ccco4)n3CCC(N)=O)n2)cc1. The molecule has 0 aliphatic heterocycles. The van der Waals surface area contributed by atoms with Gasteiger partial charge < -0.3 is 14.7 Å². The number of rotatable bonds is 8. The first kappa shape index (κ1) is 18.9. The molecule has 0 spiro atoms. The molecule has 0 atom stereocenters. The smallest absolute Gasteiger partial charge is 0.237 e. The molecule has 0 saturated carbocycles. The van der Waals surface area contributed by atoms with Gasteiger partial charge in [-0.2, -0.15) is 4.98 Å². The van der Waals surface area contributed by atoms with Gasteiger partial charge in [-0.15, -0.1) is 10.2 Å². The van der Waals surface area contributed by atoms with Gasteiger partial charge in [-0.25, -0.2) is 0 Å². The van der Waals surface area contributed by atoms with Crippen LogP contribution in [0, 0.1) is 6.92 Å². The Bertz CT molecular complexity index is 1100. The van der Waals surface area contributed by atoms with Crippen molar-refractivity contribution in [1.29, 1.82) is 0 Å². The van der Waals surface area contributed by atoms with Crippen LogP contribution < -0.4 is 5.73 Å². The van der Waals surface area contributed by atoms with Gasteiger partial charge in [0.05, 0.1) is 12.0 Å². The molecule has 1 aromatic carbocycles. The monoisotopic (exact) mass is 410 g/mol. The molecular formula is C19H18N6O3S. The Morgan fingerprint density at radius 3 is 2.76 bits per heavy atom. The highest BCUT2D eigenvalue weighted by atomic mass is 32.2. The van der Waals surface area contributed by atoms with E-state index in [1.165, 1.54) is 11.8 Å². The molecule has 0 bridgehead atoms. The molecule has 29 heavy (non-hydrogen) atoms. The van der Waals surface area contributed by atoms with Crippen LogP contribution in [0.5, 0.6) is 0 Å². The van der Waals surface area contributed by atoms with Crippen LogP contribution in [0.4, 0.5) is 0 Å². The molecule has 0 aliphatic rings. The third-order valence-electron chi connectivity index (χ3n) is 4.14. The third kappa shape index (κ3) is 4.37. The summed E-state index contributed by atoms with van der Waals surface area (Å²) in [5.74, 6) is 2.10. The van der Waals surface area contributed by atoms with Gasteiger partial charge in [0.15, 0.2) is 16.7 Å². The van der Waals surface area contributed by atoms with Gasteiger partial charge in [0.1, 0.15) is 0 Å². The van der Waals surface area contributed by atoms with Crippen LogP contribution in [0.3, 0.4) is 0 Å². The molecule has 3 heterocycles. The molecule has 0 saturated heterocycles. The van der Waals surface area contributed by atoms with Gasteiger partial charge in [-0.05, 0) is 19.1 Å². The highest BCUT2D eigenvalue weighted by Gasteiger charge is 2.18. The maximum Gasteiger partial charge on any atom is 0.237 e. The first-order valence-electron chi connectivity index (χ1n) is 8.88. The normalized spacial score (nSPS) is 11.1. The summed E-state index contributed by atoms with van der Waals surface area (Å²) in [6, 6.07) is 11.4. The van der Waals surface area contributed by atoms with E-state index in [-0.39, 0.29) is 6.42 Å². The van der Waals surface area contributed by atoms with Crippen LogP contribution >= 0.6 is 11.8 Å². The van der Waals surface area contributed by atoms with Crippen LogP contribution in [-0.2, 0) is 17.1 Å². The molecule has 4 rings (SSSR count). The summed E-state index contributed by atoms with van der Waals surface area (Å²) < 4.78 is 12.6. The number of furan rings is 1. The van der Waals surface area contributed by atoms with E-state index < -0.39 is 5.91 Å². The Kier molecular flexibility index (Phi) is 5.43. The standard InChI is InChI=1S/C19H18N6O3S/c1-12-4-6-13(7-5-12)17-21-16(28-24-17)11-29-19-23-22-18(14-3-2-10-27-14)25(19)9-8-15(20)26/h2-7,10H,8-9,11H2,1H3,(H2,20,26). The first-order chi connectivity index (χ1) is 14.1. The molecule has 1 amide bonds. The lowest BCUT2D eigenvalue weighted by Crippen LogP contribution is -2.15. The Morgan fingerprint density at radius 1 is 1.21 bits per heavy atom. The number of aromatic nitrogens is 5. The van der Waals surface area contributed by atoms with Crippen molar-refractivity contribution >= 4 is 17.7 Å². The third-order valence-corrected chi connectivity index (χ3v) is 5.09. The number of aryl methyl sites for hydroxylation is 1. The molecule has 2 N–H and O–H groups in total. The lowest BCUT2D eigenvalue weighted by molar-refractivity contribution is -0.118. The van der Waals surface area contributed by atoms with E-state index in [4.69, 9.17) is 14.7 Å². The van der Waals surface area contributed by atoms with Crippen molar-refractivity contribution in [3.05, 3.63) is 54.1 Å². The topological polar surface area (TPSA) is 126 Å². The average Bonchev–Trinajstić information content (AvgIpc) is 3.45. The maximum absolute atomic E-state index is 11.2. The number of carbonyl (C=O) groups excluding carboxylic acids is 1. The molecule has 9 nitrogen and oxygen atoms in total. The summed E-state index contributed by atoms with van der Waals surface area (Å²) in [4.78, 5) is 15.7. The van der Waals surface area contributed by atoms with E-state index in [9.17, 15) is 4.79 Å². The van der Waals surface area contributed by atoms with Gasteiger partial charge in [0.2, 0.25) is 17.6 Å². The van der Waals surface area contributed by atoms with Crippen molar-refractivity contribution < 1.29 is 13.7 Å². The van der Waals surface area contributed by atoms with Gasteiger partial charge in [0.25, 0.3) is 0 Å². The fraction of sp³-hybridized carbons (Fsp3) is 0.211. The number of hydrogen-bond donors (Lipinski definition) is 1. The zero-order valence-electron chi connectivity index (χ0n) is 15.6. The quantitative estimate of drug-likeness (QED) is 0.439. The zero-order valence-corrected chi connectivity index (χ0v) is 16.4. The Morgan fingerprint density at radius 2 is 2.03 bits per heavy atom. The minimum Gasteiger partial charge on any atom is -0.461 e. The molecule has 4 aromatic rings. The summed E-state index contributed by atoms with van der Waals surface area (Å²) in [6.07, 6.45) is 1.72. The van der Waals surface area contributed by atoms with Crippen molar-refractivity contribution in [3.63, 3.8) is 0 Å². The molecule has 0 aliphatic carbocycles. The predicted molar refractivity (Wildman–Crippen MR) is 106 cm³/mol. The molecule has 10 heteroatoms. The molecular weight excluding hydrogens is 392 g/mol. The van der Waals surface area contributed by atoms with Crippen LogP contribution in [0.25, 0.3) is 23.0 Å². The van der Waals surface area contributed by atoms with E-state index in [1.54, 1.807) is 23.0 Å². The number of carbonyl (C=O) groups is 1. The molecule has 0 radical (unpaired) electrons. The summed E-state index contributed by atoms with van der Waals surface area (Å²) in [6.45, 7) is 2.37. The molecule has 3 aromatic heterocycles. The Balaban J connectivity index is 1.51. The van der Waals surface area contributed by atoms with Gasteiger partial charge >= 0.3 is 0 Å². The number of primary amides is 1. The largest absolute Gasteiger partial charge is 0.461 e. The fourth-order valence-electron chi connectivity index (χ4n) is 2.67. The number of thioether (sulfide) groups is 1. The van der Waals surface area contributed by atoms with E-state index >= 15 is 0 Å². The average molecular weight is 410 g/mol. The Labute approximate surface area is 170 Å². The van der Waals surface area contributed by atoms with Crippen molar-refractivity contribution in [1.82, 2.24) is 24.9 Å². The maximum atomic E-state index is 11.2. The van der Waals surface area contributed by atoms with Crippen molar-refractivity contribution in [2.75, 3.05) is 0 Å². The second-order valence-electron chi connectivity index (χ2n) is 6.32. The summed E-state index contributed by atoms with van der Waals surface area (Å²) >= 11 is 1.38. The van der Waals surface area contributed by atoms with Crippen LogP contribution in [0.15, 0.2) is 56.8 Å². The molecule has 0 fully saturated rings. The van der Waals surface area contributed by atoms with Crippen LogP contribution in [0.2, 0.25) is 0 Å². The second kappa shape index (κ2) is 8.31. The van der Waals surface area contributed by atoms with Crippen LogP contribution in [-0.4, -0.2) is 30.8 Å². The zero-order chi connectivity index (χ0) is 20.2. The highest BCUT2D eigenvalue weighted by Crippen LogP contribution is 2.27. The predicted octanol–water partition coefficient (Wildman–Crippen LogP) is 3.06. The molecule has 0 unspecified atom stereocenters. The minimum absolute atomic E-state index is 0.164. The second-order valence-corrected chi connectivity index (χ2v) is 7.26. The lowest BCUT2D eigenvalue weighted by Gasteiger charge is -2.06. The summed E-state index contributed by atoms with van der Waals surface area (Å²) in [5.41, 5.74) is 7.36. The van der Waals surface area contributed by atoms with Gasteiger partial charge in [-0.1, -0.05) is 46.7 Å². The van der Waals surface area contributed by atoms with E-state index in [2.05, 4.69) is 20.3 Å². The number of nitrogens with zero attached hydrogens (tertiary/aromatic N) is 5. The van der Waals surface area contributed by atoms with E-state index in [0.717, 1.165) is 11.1 Å². The fourth-order valence-corrected chi connectivity index (χ4v) is 3.47. The summed E-state index contributed by atoms with van der Waals surface area (Å²) in [5, 5.41) is 13.0. The number of hydrogen-bond acceptors (Lipinski definition) is 8. The highest BCUT2D eigenvalue weighted by molar-refractivity contribution is 7.98. The first-order valence-corrected chi connectivity index (χ1v) is 9.86. The number of benzene rings is 1. The summed E-state index contributed by atoms with van der Waals surface area (Å²) in [7, 11) is 0. The van der Waals surface area contributed by atoms with Crippen molar-refractivity contribution in [2.45, 2.75) is 30.8 Å². The van der Waals surface area contributed by atoms with Gasteiger partial charge in [0, 0.05) is 18.5 Å². The molecule has 148 valence electrons.